The number of carbonyl (C=O) groups is 2. The molecule has 0 aliphatic rings. The van der Waals surface area contributed by atoms with E-state index < -0.39 is 12.1 Å². The lowest BCUT2D eigenvalue weighted by Crippen LogP contribution is -2.27. The van der Waals surface area contributed by atoms with Crippen molar-refractivity contribution >= 4 is 11.9 Å². The summed E-state index contributed by atoms with van der Waals surface area (Å²) in [6.45, 7) is 0.0702. The van der Waals surface area contributed by atoms with Gasteiger partial charge in [0, 0.05) is 14.2 Å². The van der Waals surface area contributed by atoms with Crippen LogP contribution < -0.4 is 5.32 Å². The third-order valence-corrected chi connectivity index (χ3v) is 3.43. The summed E-state index contributed by atoms with van der Waals surface area (Å²) in [6, 6.07) is 16.0. The van der Waals surface area contributed by atoms with E-state index in [4.69, 9.17) is 9.47 Å². The predicted octanol–water partition coefficient (Wildman–Crippen LogP) is 2.48. The van der Waals surface area contributed by atoms with Gasteiger partial charge in [0.15, 0.2) is 6.10 Å². The predicted molar refractivity (Wildman–Crippen MR) is 85.8 cm³/mol. The van der Waals surface area contributed by atoms with Gasteiger partial charge < -0.3 is 14.8 Å². The van der Waals surface area contributed by atoms with E-state index in [9.17, 15) is 9.59 Å². The molecule has 0 saturated carbocycles. The summed E-state index contributed by atoms with van der Waals surface area (Å²) < 4.78 is 10.6. The molecule has 2 aromatic carbocycles. The number of rotatable bonds is 6. The van der Waals surface area contributed by atoms with Crippen LogP contribution in [0.3, 0.4) is 0 Å². The number of benzene rings is 2. The highest BCUT2D eigenvalue weighted by Crippen LogP contribution is 2.22. The smallest absolute Gasteiger partial charge is 0.338 e. The van der Waals surface area contributed by atoms with Crippen LogP contribution in [0.25, 0.3) is 0 Å². The SMILES string of the molecule is CNC(=O)C(OC)c1ccccc1COC(=O)c1ccccc1. The summed E-state index contributed by atoms with van der Waals surface area (Å²) in [5.41, 5.74) is 1.89. The monoisotopic (exact) mass is 313 g/mol. The normalized spacial score (nSPS) is 11.6. The minimum Gasteiger partial charge on any atom is -0.457 e. The van der Waals surface area contributed by atoms with Gasteiger partial charge in [-0.1, -0.05) is 42.5 Å². The Balaban J connectivity index is 2.14. The number of nitrogens with one attached hydrogen (secondary N) is 1. The number of esters is 1. The first-order valence-electron chi connectivity index (χ1n) is 7.21. The van der Waals surface area contributed by atoms with Crippen LogP contribution in [0.5, 0.6) is 0 Å². The van der Waals surface area contributed by atoms with Crippen LogP contribution in [0.1, 0.15) is 27.6 Å². The maximum absolute atomic E-state index is 12.0. The van der Waals surface area contributed by atoms with Crippen LogP contribution in [0.15, 0.2) is 54.6 Å². The molecule has 1 amide bonds. The van der Waals surface area contributed by atoms with E-state index >= 15 is 0 Å². The molecule has 120 valence electrons. The third kappa shape index (κ3) is 4.17. The van der Waals surface area contributed by atoms with Crippen molar-refractivity contribution < 1.29 is 19.1 Å². The number of methoxy groups -OCH3 is 1. The topological polar surface area (TPSA) is 64.6 Å². The summed E-state index contributed by atoms with van der Waals surface area (Å²) in [5, 5.41) is 2.56. The van der Waals surface area contributed by atoms with Gasteiger partial charge in [0.1, 0.15) is 6.61 Å². The molecule has 0 aliphatic carbocycles. The number of ether oxygens (including phenoxy) is 2. The maximum Gasteiger partial charge on any atom is 0.338 e. The highest BCUT2D eigenvalue weighted by atomic mass is 16.5. The van der Waals surface area contributed by atoms with Gasteiger partial charge in [-0.2, -0.15) is 0 Å². The zero-order valence-electron chi connectivity index (χ0n) is 13.1. The van der Waals surface area contributed by atoms with E-state index in [-0.39, 0.29) is 12.5 Å². The van der Waals surface area contributed by atoms with Crippen molar-refractivity contribution in [1.82, 2.24) is 5.32 Å². The molecule has 2 rings (SSSR count). The van der Waals surface area contributed by atoms with E-state index in [0.717, 1.165) is 5.56 Å². The molecule has 5 heteroatoms. The average molecular weight is 313 g/mol. The van der Waals surface area contributed by atoms with Crippen molar-refractivity contribution in [2.24, 2.45) is 0 Å². The van der Waals surface area contributed by atoms with Crippen molar-refractivity contribution in [3.8, 4) is 0 Å². The van der Waals surface area contributed by atoms with E-state index in [2.05, 4.69) is 5.32 Å². The van der Waals surface area contributed by atoms with Crippen LogP contribution in [0.4, 0.5) is 0 Å². The zero-order chi connectivity index (χ0) is 16.7. The van der Waals surface area contributed by atoms with E-state index in [1.807, 2.05) is 24.3 Å². The minimum absolute atomic E-state index is 0.0702. The van der Waals surface area contributed by atoms with Crippen LogP contribution in [-0.2, 0) is 20.9 Å². The zero-order valence-corrected chi connectivity index (χ0v) is 13.1. The van der Waals surface area contributed by atoms with Crippen molar-refractivity contribution in [3.63, 3.8) is 0 Å². The van der Waals surface area contributed by atoms with Crippen LogP contribution in [-0.4, -0.2) is 26.0 Å². The van der Waals surface area contributed by atoms with Crippen LogP contribution >= 0.6 is 0 Å². The van der Waals surface area contributed by atoms with Crippen molar-refractivity contribution in [2.45, 2.75) is 12.7 Å². The van der Waals surface area contributed by atoms with E-state index in [1.54, 1.807) is 37.4 Å². The van der Waals surface area contributed by atoms with E-state index in [1.165, 1.54) is 7.11 Å². The molecule has 0 aliphatic heterocycles. The third-order valence-electron chi connectivity index (χ3n) is 3.43. The van der Waals surface area contributed by atoms with Gasteiger partial charge >= 0.3 is 5.97 Å². The Hall–Kier alpha value is -2.66. The molecule has 0 aromatic heterocycles. The molecule has 23 heavy (non-hydrogen) atoms. The Bertz CT molecular complexity index is 670. The second-order valence-corrected chi connectivity index (χ2v) is 4.87. The lowest BCUT2D eigenvalue weighted by atomic mass is 10.0. The summed E-state index contributed by atoms with van der Waals surface area (Å²) in [4.78, 5) is 23.9. The molecule has 0 bridgehead atoms. The quantitative estimate of drug-likeness (QED) is 0.832. The first-order chi connectivity index (χ1) is 11.2. The molecule has 5 nitrogen and oxygen atoms in total. The van der Waals surface area contributed by atoms with Crippen LogP contribution in [0.2, 0.25) is 0 Å². The van der Waals surface area contributed by atoms with Gasteiger partial charge in [-0.15, -0.1) is 0 Å². The number of hydrogen-bond donors (Lipinski definition) is 1. The van der Waals surface area contributed by atoms with Gasteiger partial charge in [0.2, 0.25) is 0 Å². The van der Waals surface area contributed by atoms with Gasteiger partial charge in [-0.25, -0.2) is 4.79 Å². The highest BCUT2D eigenvalue weighted by Gasteiger charge is 2.22. The highest BCUT2D eigenvalue weighted by molar-refractivity contribution is 5.89. The summed E-state index contributed by atoms with van der Waals surface area (Å²) in [5.74, 6) is -0.663. The summed E-state index contributed by atoms with van der Waals surface area (Å²) in [6.07, 6.45) is -0.744. The largest absolute Gasteiger partial charge is 0.457 e. The fraction of sp³-hybridized carbons (Fsp3) is 0.222. The average Bonchev–Trinajstić information content (AvgIpc) is 2.61. The second-order valence-electron chi connectivity index (χ2n) is 4.87. The molecule has 0 radical (unpaired) electrons. The lowest BCUT2D eigenvalue weighted by Gasteiger charge is -2.17. The molecule has 1 unspecified atom stereocenters. The molecule has 1 atom stereocenters. The van der Waals surface area contributed by atoms with Gasteiger partial charge in [-0.3, -0.25) is 4.79 Å². The fourth-order valence-electron chi connectivity index (χ4n) is 2.23. The van der Waals surface area contributed by atoms with Crippen LogP contribution in [0, 0.1) is 0 Å². The van der Waals surface area contributed by atoms with Gasteiger partial charge in [-0.05, 0) is 23.3 Å². The molecule has 1 N–H and O–H groups in total. The Kier molecular flexibility index (Phi) is 5.88. The molecule has 0 fully saturated rings. The Morgan fingerprint density at radius 1 is 1.04 bits per heavy atom. The number of carbonyl (C=O) groups excluding carboxylic acids is 2. The van der Waals surface area contributed by atoms with Crippen molar-refractivity contribution in [2.75, 3.05) is 14.2 Å². The maximum atomic E-state index is 12.0. The molecule has 2 aromatic rings. The standard InChI is InChI=1S/C18H19NO4/c1-19-17(20)16(22-2)15-11-7-6-10-14(15)12-23-18(21)13-8-4-3-5-9-13/h3-11,16H,12H2,1-2H3,(H,19,20). The Labute approximate surface area is 135 Å². The number of amides is 1. The lowest BCUT2D eigenvalue weighted by molar-refractivity contribution is -0.130. The van der Waals surface area contributed by atoms with Crippen molar-refractivity contribution in [1.29, 1.82) is 0 Å². The molecular weight excluding hydrogens is 294 g/mol. The summed E-state index contributed by atoms with van der Waals surface area (Å²) >= 11 is 0. The molecular formula is C18H19NO4. The minimum atomic E-state index is -0.744. The Morgan fingerprint density at radius 2 is 1.70 bits per heavy atom. The molecule has 0 spiro atoms. The second kappa shape index (κ2) is 8.10. The number of hydrogen-bond acceptors (Lipinski definition) is 4. The van der Waals surface area contributed by atoms with Gasteiger partial charge in [0.05, 0.1) is 5.56 Å². The first-order valence-corrected chi connectivity index (χ1v) is 7.21. The Morgan fingerprint density at radius 3 is 2.35 bits per heavy atom. The fourth-order valence-corrected chi connectivity index (χ4v) is 2.23. The van der Waals surface area contributed by atoms with E-state index in [0.29, 0.717) is 11.1 Å². The first kappa shape index (κ1) is 16.7. The molecule has 0 heterocycles. The number of likely N-dealkylation sites (N-methyl/N-ethyl adjacent to an activating group) is 1. The van der Waals surface area contributed by atoms with Gasteiger partial charge in [0.25, 0.3) is 5.91 Å². The van der Waals surface area contributed by atoms with Crippen molar-refractivity contribution in [3.05, 3.63) is 71.3 Å². The molecule has 0 saturated heterocycles. The summed E-state index contributed by atoms with van der Waals surface area (Å²) in [7, 11) is 3.01.